The van der Waals surface area contributed by atoms with Crippen LogP contribution in [0, 0.1) is 11.8 Å². The van der Waals surface area contributed by atoms with Crippen molar-refractivity contribution in [1.82, 2.24) is 16.0 Å². The summed E-state index contributed by atoms with van der Waals surface area (Å²) in [7, 11) is 0. The van der Waals surface area contributed by atoms with Crippen LogP contribution in [-0.2, 0) is 24.0 Å². The van der Waals surface area contributed by atoms with Gasteiger partial charge >= 0.3 is 5.97 Å². The van der Waals surface area contributed by atoms with E-state index in [1.54, 1.807) is 13.8 Å². The highest BCUT2D eigenvalue weighted by Crippen LogP contribution is 2.09. The summed E-state index contributed by atoms with van der Waals surface area (Å²) < 4.78 is 0. The average molecular weight is 430 g/mol. The Morgan fingerprint density at radius 3 is 1.90 bits per heavy atom. The molecule has 30 heavy (non-hydrogen) atoms. The maximum absolute atomic E-state index is 12.5. The Balaban J connectivity index is 5.16. The maximum atomic E-state index is 12.5. The number of carbonyl (C=O) groups excluding carboxylic acids is 4. The van der Waals surface area contributed by atoms with E-state index in [2.05, 4.69) is 16.0 Å². The number of hydrogen-bond acceptors (Lipinski definition) is 6. The number of carboxylic acid groups (broad SMARTS) is 1. The first-order valence-electron chi connectivity index (χ1n) is 9.97. The second-order valence-corrected chi connectivity index (χ2v) is 7.91. The third-order valence-electron chi connectivity index (χ3n) is 4.63. The Morgan fingerprint density at radius 2 is 1.47 bits per heavy atom. The van der Waals surface area contributed by atoms with Gasteiger partial charge in [0.2, 0.25) is 23.6 Å². The molecule has 0 aromatic rings. The molecule has 0 aromatic carbocycles. The zero-order valence-electron chi connectivity index (χ0n) is 18.2. The second kappa shape index (κ2) is 12.8. The molecule has 0 aromatic heterocycles. The van der Waals surface area contributed by atoms with Crippen molar-refractivity contribution >= 4 is 29.6 Å². The van der Waals surface area contributed by atoms with E-state index in [0.717, 1.165) is 0 Å². The summed E-state index contributed by atoms with van der Waals surface area (Å²) in [6, 6.07) is -4.41. The first kappa shape index (κ1) is 27.3. The number of aliphatic carboxylic acids is 1. The molecule has 5 atom stereocenters. The summed E-state index contributed by atoms with van der Waals surface area (Å²) in [5.41, 5.74) is 10.9. The van der Waals surface area contributed by atoms with Gasteiger partial charge in [-0.1, -0.05) is 34.1 Å². The van der Waals surface area contributed by atoms with Crippen molar-refractivity contribution in [3.8, 4) is 0 Å². The number of nitrogens with one attached hydrogen (secondary N) is 3. The number of rotatable bonds is 13. The van der Waals surface area contributed by atoms with Gasteiger partial charge in [-0.2, -0.15) is 0 Å². The van der Waals surface area contributed by atoms with E-state index in [4.69, 9.17) is 11.5 Å². The van der Waals surface area contributed by atoms with Gasteiger partial charge in [0.1, 0.15) is 18.1 Å². The predicted molar refractivity (Wildman–Crippen MR) is 110 cm³/mol. The Bertz CT molecular complexity index is 639. The third kappa shape index (κ3) is 9.68. The van der Waals surface area contributed by atoms with Crippen molar-refractivity contribution < 1.29 is 29.1 Å². The first-order valence-corrected chi connectivity index (χ1v) is 9.97. The van der Waals surface area contributed by atoms with E-state index in [-0.39, 0.29) is 11.8 Å². The molecule has 0 spiro atoms. The Morgan fingerprint density at radius 1 is 0.900 bits per heavy atom. The third-order valence-corrected chi connectivity index (χ3v) is 4.63. The van der Waals surface area contributed by atoms with E-state index in [1.807, 2.05) is 13.8 Å². The van der Waals surface area contributed by atoms with Crippen LogP contribution < -0.4 is 27.4 Å². The van der Waals surface area contributed by atoms with Gasteiger partial charge in [-0.25, -0.2) is 4.79 Å². The molecular formula is C19H35N5O6. The molecule has 0 bridgehead atoms. The highest BCUT2D eigenvalue weighted by Gasteiger charge is 2.31. The highest BCUT2D eigenvalue weighted by atomic mass is 16.4. The number of hydrogen-bond donors (Lipinski definition) is 6. The summed E-state index contributed by atoms with van der Waals surface area (Å²) in [5.74, 6) is -4.40. The van der Waals surface area contributed by atoms with E-state index >= 15 is 0 Å². The minimum atomic E-state index is -1.38. The van der Waals surface area contributed by atoms with Crippen molar-refractivity contribution in [3.63, 3.8) is 0 Å². The average Bonchev–Trinajstić information content (AvgIpc) is 2.63. The fourth-order valence-electron chi connectivity index (χ4n) is 2.65. The van der Waals surface area contributed by atoms with Crippen LogP contribution in [0.1, 0.15) is 53.9 Å². The van der Waals surface area contributed by atoms with E-state index in [0.29, 0.717) is 12.8 Å². The molecular weight excluding hydrogens is 394 g/mol. The Hall–Kier alpha value is -2.69. The van der Waals surface area contributed by atoms with Crippen LogP contribution in [0.3, 0.4) is 0 Å². The van der Waals surface area contributed by atoms with Gasteiger partial charge in [0.15, 0.2) is 0 Å². The minimum absolute atomic E-state index is 0.186. The number of nitrogens with two attached hydrogens (primary N) is 2. The lowest BCUT2D eigenvalue weighted by atomic mass is 9.98. The quantitative estimate of drug-likeness (QED) is 0.212. The monoisotopic (exact) mass is 429 g/mol. The van der Waals surface area contributed by atoms with Gasteiger partial charge in [0.25, 0.3) is 0 Å². The van der Waals surface area contributed by atoms with Crippen LogP contribution in [0.4, 0.5) is 0 Å². The number of carboxylic acids is 1. The van der Waals surface area contributed by atoms with E-state index in [9.17, 15) is 29.1 Å². The van der Waals surface area contributed by atoms with Crippen molar-refractivity contribution in [3.05, 3.63) is 0 Å². The van der Waals surface area contributed by atoms with Crippen LogP contribution in [0.5, 0.6) is 0 Å². The van der Waals surface area contributed by atoms with Crippen LogP contribution >= 0.6 is 0 Å². The van der Waals surface area contributed by atoms with Crippen LogP contribution in [0.15, 0.2) is 0 Å². The lowest BCUT2D eigenvalue weighted by Crippen LogP contribution is -2.57. The van der Waals surface area contributed by atoms with Gasteiger partial charge in [0, 0.05) is 0 Å². The van der Waals surface area contributed by atoms with Crippen LogP contribution in [-0.4, -0.2) is 58.9 Å². The largest absolute Gasteiger partial charge is 0.480 e. The van der Waals surface area contributed by atoms with Gasteiger partial charge < -0.3 is 32.5 Å². The predicted octanol–water partition coefficient (Wildman–Crippen LogP) is -1.16. The molecule has 8 N–H and O–H groups in total. The smallest absolute Gasteiger partial charge is 0.326 e. The molecule has 0 fully saturated rings. The standard InChI is InChI=1S/C19H35N5O6/c1-6-10(4)15(19(29)30)24-18(28)13(8-14(21)25)23-16(26)11(5)22-17(27)12(20)7-9(2)3/h9-13,15H,6-8,20H2,1-5H3,(H2,21,25)(H,22,27)(H,23,26)(H,24,28)(H,29,30). The van der Waals surface area contributed by atoms with Crippen LogP contribution in [0.2, 0.25) is 0 Å². The zero-order chi connectivity index (χ0) is 23.6. The molecule has 0 saturated carbocycles. The van der Waals surface area contributed by atoms with E-state index < -0.39 is 60.2 Å². The minimum Gasteiger partial charge on any atom is -0.480 e. The molecule has 172 valence electrons. The fourth-order valence-corrected chi connectivity index (χ4v) is 2.65. The lowest BCUT2D eigenvalue weighted by Gasteiger charge is -2.25. The van der Waals surface area contributed by atoms with Crippen molar-refractivity contribution in [2.45, 2.75) is 78.0 Å². The molecule has 0 saturated heterocycles. The molecule has 4 amide bonds. The summed E-state index contributed by atoms with van der Waals surface area (Å²) in [6.45, 7) is 8.62. The summed E-state index contributed by atoms with van der Waals surface area (Å²) in [5, 5.41) is 16.4. The molecule has 5 unspecified atom stereocenters. The highest BCUT2D eigenvalue weighted by molar-refractivity contribution is 5.95. The molecule has 0 aliphatic carbocycles. The maximum Gasteiger partial charge on any atom is 0.326 e. The van der Waals surface area contributed by atoms with Gasteiger partial charge in [0.05, 0.1) is 12.5 Å². The second-order valence-electron chi connectivity index (χ2n) is 7.91. The summed E-state index contributed by atoms with van der Waals surface area (Å²) in [4.78, 5) is 59.8. The molecule has 0 rings (SSSR count). The molecule has 0 radical (unpaired) electrons. The number of amides is 4. The van der Waals surface area contributed by atoms with Crippen molar-refractivity contribution in [1.29, 1.82) is 0 Å². The number of primary amides is 1. The molecule has 11 heteroatoms. The lowest BCUT2D eigenvalue weighted by molar-refractivity contribution is -0.144. The Kier molecular flexibility index (Phi) is 11.6. The number of carbonyl (C=O) groups is 5. The molecule has 0 heterocycles. The molecule has 0 aliphatic heterocycles. The summed E-state index contributed by atoms with van der Waals surface area (Å²) in [6.07, 6.45) is 0.390. The Labute approximate surface area is 176 Å². The van der Waals surface area contributed by atoms with Gasteiger partial charge in [-0.15, -0.1) is 0 Å². The first-order chi connectivity index (χ1) is 13.8. The molecule has 0 aliphatic rings. The van der Waals surface area contributed by atoms with E-state index in [1.165, 1.54) is 6.92 Å². The normalized spacial score (nSPS) is 16.0. The fraction of sp³-hybridized carbons (Fsp3) is 0.737. The topological polar surface area (TPSA) is 194 Å². The zero-order valence-corrected chi connectivity index (χ0v) is 18.2. The van der Waals surface area contributed by atoms with Gasteiger partial charge in [-0.05, 0) is 25.2 Å². The summed E-state index contributed by atoms with van der Waals surface area (Å²) >= 11 is 0. The van der Waals surface area contributed by atoms with Gasteiger partial charge in [-0.3, -0.25) is 19.2 Å². The SMILES string of the molecule is CCC(C)C(NC(=O)C(CC(N)=O)NC(=O)C(C)NC(=O)C(N)CC(C)C)C(=O)O. The molecule has 11 nitrogen and oxygen atoms in total. The van der Waals surface area contributed by atoms with Crippen molar-refractivity contribution in [2.24, 2.45) is 23.3 Å². The van der Waals surface area contributed by atoms with Crippen LogP contribution in [0.25, 0.3) is 0 Å². The van der Waals surface area contributed by atoms with Crippen molar-refractivity contribution in [2.75, 3.05) is 0 Å².